The Morgan fingerprint density at radius 3 is 2.82 bits per heavy atom. The maximum Gasteiger partial charge on any atom is 0.284 e. The van der Waals surface area contributed by atoms with Crippen LogP contribution in [0.15, 0.2) is 28.7 Å². The van der Waals surface area contributed by atoms with E-state index in [1.165, 1.54) is 0 Å². The number of benzene rings is 1. The van der Waals surface area contributed by atoms with Gasteiger partial charge in [0.2, 0.25) is 5.89 Å². The molecule has 0 unspecified atom stereocenters. The minimum absolute atomic E-state index is 0.0208. The highest BCUT2D eigenvalue weighted by atomic mass is 32.1. The molecule has 1 aromatic carbocycles. The molecule has 116 valence electrons. The number of nitrogens with zero attached hydrogens (tertiary/aromatic N) is 2. The smallest absolute Gasteiger partial charge is 0.284 e. The number of hydrogen-bond donors (Lipinski definition) is 1. The first-order valence-corrected chi connectivity index (χ1v) is 7.60. The third kappa shape index (κ3) is 3.10. The maximum atomic E-state index is 12.6. The summed E-state index contributed by atoms with van der Waals surface area (Å²) in [6, 6.07) is 7.35. The zero-order chi connectivity index (χ0) is 15.5. The second-order valence-electron chi connectivity index (χ2n) is 5.24. The molecule has 3 rings (SSSR count). The van der Waals surface area contributed by atoms with Crippen LogP contribution in [0.2, 0.25) is 0 Å². The van der Waals surface area contributed by atoms with E-state index in [0.717, 1.165) is 12.0 Å². The van der Waals surface area contributed by atoms with Crippen molar-refractivity contribution in [2.24, 2.45) is 0 Å². The minimum Gasteiger partial charge on any atom is -0.409 e. The number of carbonyl (C=O) groups excluding carboxylic acids is 1. The molecule has 1 N–H and O–H groups in total. The predicted molar refractivity (Wildman–Crippen MR) is 83.1 cm³/mol. The SMILES string of the molecule is C[C@H]1CCOCCN1C(=O)c1ccc(-c2n[nH]c(=S)o2)cc1. The molecule has 0 bridgehead atoms. The highest BCUT2D eigenvalue weighted by Gasteiger charge is 2.23. The number of nitrogens with one attached hydrogen (secondary N) is 1. The van der Waals surface area contributed by atoms with Crippen LogP contribution in [0, 0.1) is 4.84 Å². The summed E-state index contributed by atoms with van der Waals surface area (Å²) in [5, 5.41) is 6.55. The third-order valence-electron chi connectivity index (χ3n) is 3.77. The molecule has 1 atom stereocenters. The van der Waals surface area contributed by atoms with Crippen molar-refractivity contribution in [2.45, 2.75) is 19.4 Å². The summed E-state index contributed by atoms with van der Waals surface area (Å²) >= 11 is 4.85. The summed E-state index contributed by atoms with van der Waals surface area (Å²) in [6.07, 6.45) is 0.859. The number of rotatable bonds is 2. The zero-order valence-electron chi connectivity index (χ0n) is 12.2. The first-order chi connectivity index (χ1) is 10.6. The van der Waals surface area contributed by atoms with E-state index >= 15 is 0 Å². The van der Waals surface area contributed by atoms with Gasteiger partial charge in [0.15, 0.2) is 0 Å². The average Bonchev–Trinajstić information content (AvgIpc) is 2.85. The second-order valence-corrected chi connectivity index (χ2v) is 5.62. The molecule has 1 aliphatic rings. The van der Waals surface area contributed by atoms with Gasteiger partial charge in [-0.3, -0.25) is 4.79 Å². The second kappa shape index (κ2) is 6.41. The van der Waals surface area contributed by atoms with Crippen LogP contribution in [0.1, 0.15) is 23.7 Å². The standard InChI is InChI=1S/C15H17N3O3S/c1-10-6-8-20-9-7-18(10)14(19)12-4-2-11(3-5-12)13-16-17-15(22)21-13/h2-5,10H,6-9H2,1H3,(H,17,22)/t10-/m0/s1. The summed E-state index contributed by atoms with van der Waals surface area (Å²) in [5.74, 6) is 0.438. The monoisotopic (exact) mass is 319 g/mol. The predicted octanol–water partition coefficient (Wildman–Crippen LogP) is 2.65. The van der Waals surface area contributed by atoms with Gasteiger partial charge in [0.05, 0.1) is 6.61 Å². The van der Waals surface area contributed by atoms with Crippen molar-refractivity contribution in [1.82, 2.24) is 15.1 Å². The van der Waals surface area contributed by atoms with Crippen LogP contribution in [0.25, 0.3) is 11.5 Å². The zero-order valence-corrected chi connectivity index (χ0v) is 13.1. The van der Waals surface area contributed by atoms with Crippen molar-refractivity contribution < 1.29 is 13.9 Å². The van der Waals surface area contributed by atoms with Crippen LogP contribution in [-0.2, 0) is 4.74 Å². The van der Waals surface area contributed by atoms with E-state index in [2.05, 4.69) is 17.1 Å². The fraction of sp³-hybridized carbons (Fsp3) is 0.400. The Bertz CT molecular complexity index is 707. The Hall–Kier alpha value is -1.99. The Morgan fingerprint density at radius 2 is 2.14 bits per heavy atom. The summed E-state index contributed by atoms with van der Waals surface area (Å²) in [5.41, 5.74) is 1.42. The van der Waals surface area contributed by atoms with Crippen molar-refractivity contribution >= 4 is 18.1 Å². The summed E-state index contributed by atoms with van der Waals surface area (Å²) in [4.78, 5) is 14.7. The fourth-order valence-corrected chi connectivity index (χ4v) is 2.60. The van der Waals surface area contributed by atoms with Crippen molar-refractivity contribution in [3.63, 3.8) is 0 Å². The van der Waals surface area contributed by atoms with Crippen LogP contribution in [-0.4, -0.2) is 46.8 Å². The molecular weight excluding hydrogens is 302 g/mol. The molecule has 1 aromatic heterocycles. The van der Waals surface area contributed by atoms with Gasteiger partial charge in [-0.2, -0.15) is 0 Å². The first-order valence-electron chi connectivity index (χ1n) is 7.20. The van der Waals surface area contributed by atoms with Crippen LogP contribution < -0.4 is 0 Å². The molecular formula is C15H17N3O3S. The number of aromatic amines is 1. The van der Waals surface area contributed by atoms with Gasteiger partial charge in [0, 0.05) is 30.3 Å². The highest BCUT2D eigenvalue weighted by Crippen LogP contribution is 2.19. The van der Waals surface area contributed by atoms with E-state index in [4.69, 9.17) is 21.4 Å². The Morgan fingerprint density at radius 1 is 1.36 bits per heavy atom. The molecule has 2 heterocycles. The molecule has 0 radical (unpaired) electrons. The highest BCUT2D eigenvalue weighted by molar-refractivity contribution is 7.71. The van der Waals surface area contributed by atoms with Gasteiger partial charge >= 0.3 is 0 Å². The molecule has 2 aromatic rings. The quantitative estimate of drug-likeness (QED) is 0.862. The van der Waals surface area contributed by atoms with Crippen molar-refractivity contribution in [1.29, 1.82) is 0 Å². The van der Waals surface area contributed by atoms with E-state index in [1.54, 1.807) is 24.3 Å². The Balaban J connectivity index is 1.79. The Labute approximate surface area is 133 Å². The number of aromatic nitrogens is 2. The number of H-pyrrole nitrogens is 1. The van der Waals surface area contributed by atoms with E-state index < -0.39 is 0 Å². The molecule has 1 fully saturated rings. The number of amides is 1. The van der Waals surface area contributed by atoms with Crippen molar-refractivity contribution in [3.8, 4) is 11.5 Å². The topological polar surface area (TPSA) is 71.4 Å². The average molecular weight is 319 g/mol. The molecule has 0 aliphatic carbocycles. The molecule has 1 saturated heterocycles. The van der Waals surface area contributed by atoms with Crippen LogP contribution in [0.3, 0.4) is 0 Å². The normalized spacial score (nSPS) is 19.0. The lowest BCUT2D eigenvalue weighted by Gasteiger charge is -2.26. The number of hydrogen-bond acceptors (Lipinski definition) is 5. The van der Waals surface area contributed by atoms with Crippen molar-refractivity contribution in [2.75, 3.05) is 19.8 Å². The number of ether oxygens (including phenoxy) is 1. The summed E-state index contributed by atoms with van der Waals surface area (Å²) in [7, 11) is 0. The largest absolute Gasteiger partial charge is 0.409 e. The van der Waals surface area contributed by atoms with E-state index in [0.29, 0.717) is 31.2 Å². The van der Waals surface area contributed by atoms with Gasteiger partial charge in [0.1, 0.15) is 0 Å². The summed E-state index contributed by atoms with van der Waals surface area (Å²) < 4.78 is 10.7. The maximum absolute atomic E-state index is 12.6. The summed E-state index contributed by atoms with van der Waals surface area (Å²) in [6.45, 7) is 3.96. The lowest BCUT2D eigenvalue weighted by atomic mass is 10.1. The molecule has 1 amide bonds. The number of carbonyl (C=O) groups is 1. The van der Waals surface area contributed by atoms with Gasteiger partial charge in [-0.05, 0) is 49.8 Å². The molecule has 1 aliphatic heterocycles. The van der Waals surface area contributed by atoms with Crippen LogP contribution in [0.5, 0.6) is 0 Å². The molecule has 22 heavy (non-hydrogen) atoms. The van der Waals surface area contributed by atoms with Gasteiger partial charge in [-0.1, -0.05) is 0 Å². The van der Waals surface area contributed by atoms with E-state index in [1.807, 2.05) is 4.90 Å². The lowest BCUT2D eigenvalue weighted by Crippen LogP contribution is -2.39. The van der Waals surface area contributed by atoms with Crippen LogP contribution >= 0.6 is 12.2 Å². The third-order valence-corrected chi connectivity index (χ3v) is 3.94. The minimum atomic E-state index is 0.0208. The van der Waals surface area contributed by atoms with Crippen LogP contribution in [0.4, 0.5) is 0 Å². The van der Waals surface area contributed by atoms with E-state index in [9.17, 15) is 4.79 Å². The Kier molecular flexibility index (Phi) is 4.35. The van der Waals surface area contributed by atoms with Crippen molar-refractivity contribution in [3.05, 3.63) is 34.7 Å². The lowest BCUT2D eigenvalue weighted by molar-refractivity contribution is 0.0687. The van der Waals surface area contributed by atoms with Gasteiger partial charge in [0.25, 0.3) is 10.7 Å². The fourth-order valence-electron chi connectivity index (χ4n) is 2.47. The molecule has 6 nitrogen and oxygen atoms in total. The van der Waals surface area contributed by atoms with Gasteiger partial charge in [-0.15, -0.1) is 5.10 Å². The van der Waals surface area contributed by atoms with Gasteiger partial charge in [-0.25, -0.2) is 5.10 Å². The molecule has 7 heteroatoms. The molecule has 0 spiro atoms. The van der Waals surface area contributed by atoms with E-state index in [-0.39, 0.29) is 16.8 Å². The first kappa shape index (κ1) is 14.9. The van der Waals surface area contributed by atoms with Gasteiger partial charge < -0.3 is 14.1 Å². The molecule has 0 saturated carbocycles.